The summed E-state index contributed by atoms with van der Waals surface area (Å²) >= 11 is 0. The van der Waals surface area contributed by atoms with Crippen LogP contribution in [-0.4, -0.2) is 44.0 Å². The first-order chi connectivity index (χ1) is 13.7. The summed E-state index contributed by atoms with van der Waals surface area (Å²) in [5, 5.41) is 0. The van der Waals surface area contributed by atoms with E-state index in [-0.39, 0.29) is 31.6 Å². The number of amides is 2. The lowest BCUT2D eigenvalue weighted by molar-refractivity contribution is -0.134. The fourth-order valence-corrected chi connectivity index (χ4v) is 4.37. The molecule has 29 heavy (non-hydrogen) atoms. The van der Waals surface area contributed by atoms with E-state index in [1.165, 1.54) is 17.9 Å². The number of benzene rings is 2. The van der Waals surface area contributed by atoms with Crippen LogP contribution in [0.2, 0.25) is 0 Å². The minimum absolute atomic E-state index is 0. The zero-order chi connectivity index (χ0) is 21.2. The average Bonchev–Trinajstić information content (AvgIpc) is 2.65. The summed E-state index contributed by atoms with van der Waals surface area (Å²) in [5.41, 5.74) is 3.56. The molecule has 9 heteroatoms. The van der Waals surface area contributed by atoms with E-state index >= 15 is 0 Å². The topological polar surface area (TPSA) is 95.6 Å². The fraction of sp³-hybridized carbons (Fsp3) is 0.300. The molecular weight excluding hydrogens is 397 g/mol. The number of hydrogen-bond acceptors (Lipinski definition) is 4. The highest BCUT2D eigenvalue weighted by molar-refractivity contribution is 7.89. The summed E-state index contributed by atoms with van der Waals surface area (Å²) in [5.74, 6) is -2.14. The van der Waals surface area contributed by atoms with Crippen LogP contribution in [0.5, 0.6) is 0 Å². The van der Waals surface area contributed by atoms with Gasteiger partial charge in [0, 0.05) is 28.8 Å². The quantitative estimate of drug-likeness (QED) is 0.697. The summed E-state index contributed by atoms with van der Waals surface area (Å²) in [6, 6.07) is 12.2. The summed E-state index contributed by atoms with van der Waals surface area (Å²) < 4.78 is 38.8. The maximum Gasteiger partial charge on any atom is 0.269 e. The number of hydrogen-bond donors (Lipinski definition) is 2. The maximum absolute atomic E-state index is 14.5. The lowest BCUT2D eigenvalue weighted by atomic mass is 9.99. The van der Waals surface area contributed by atoms with Crippen molar-refractivity contribution in [2.24, 2.45) is 5.92 Å². The SMILES string of the molecule is CC(=O)N1CC(CS(=O)(=O)NNC(=O)c2cc(-c3ccccc3)cc(C)c2F)C1.[HH].[HH]. The van der Waals surface area contributed by atoms with Crippen molar-refractivity contribution < 1.29 is 25.3 Å². The predicted molar refractivity (Wildman–Crippen MR) is 111 cm³/mol. The first-order valence-corrected chi connectivity index (χ1v) is 10.7. The Balaban J connectivity index is 0.00000240. The number of likely N-dealkylation sites (tertiary alicyclic amines) is 1. The van der Waals surface area contributed by atoms with Gasteiger partial charge >= 0.3 is 0 Å². The van der Waals surface area contributed by atoms with Gasteiger partial charge in [0.1, 0.15) is 5.82 Å². The average molecular weight is 424 g/mol. The van der Waals surface area contributed by atoms with Crippen LogP contribution in [0.1, 0.15) is 25.7 Å². The zero-order valence-corrected chi connectivity index (χ0v) is 16.9. The number of carbonyl (C=O) groups is 2. The van der Waals surface area contributed by atoms with Crippen LogP contribution < -0.4 is 10.3 Å². The van der Waals surface area contributed by atoms with Crippen LogP contribution in [0, 0.1) is 18.7 Å². The third kappa shape index (κ3) is 4.99. The zero-order valence-electron chi connectivity index (χ0n) is 16.1. The van der Waals surface area contributed by atoms with E-state index in [9.17, 15) is 22.4 Å². The van der Waals surface area contributed by atoms with Gasteiger partial charge in [-0.3, -0.25) is 15.0 Å². The second-order valence-corrected chi connectivity index (χ2v) is 8.92. The number of aryl methyl sites for hydroxylation is 1. The monoisotopic (exact) mass is 423 g/mol. The Morgan fingerprint density at radius 1 is 1.17 bits per heavy atom. The molecule has 1 saturated heterocycles. The van der Waals surface area contributed by atoms with Gasteiger partial charge in [-0.05, 0) is 35.7 Å². The standard InChI is InChI=1S/C20H22FN3O4S.2H2/c1-13-8-17(16-6-4-3-5-7-16)9-18(19(13)21)20(26)22-23-29(27,28)12-15-10-24(11-15)14(2)25;;/h3-9,15,23H,10-12H2,1-2H3,(H,22,26);2*1H. The van der Waals surface area contributed by atoms with Crippen molar-refractivity contribution in [3.8, 4) is 11.1 Å². The maximum atomic E-state index is 14.5. The summed E-state index contributed by atoms with van der Waals surface area (Å²) in [6.07, 6.45) is 0. The van der Waals surface area contributed by atoms with Crippen LogP contribution in [0.25, 0.3) is 11.1 Å². The Morgan fingerprint density at radius 2 is 1.83 bits per heavy atom. The van der Waals surface area contributed by atoms with E-state index < -0.39 is 21.7 Å². The third-order valence-corrected chi connectivity index (χ3v) is 6.11. The van der Waals surface area contributed by atoms with Crippen LogP contribution in [0.3, 0.4) is 0 Å². The molecule has 2 N–H and O–H groups in total. The number of nitrogens with zero attached hydrogens (tertiary/aromatic N) is 1. The molecule has 0 saturated carbocycles. The minimum atomic E-state index is -3.82. The Labute approximate surface area is 171 Å². The van der Waals surface area contributed by atoms with E-state index in [4.69, 9.17) is 0 Å². The van der Waals surface area contributed by atoms with Crippen LogP contribution >= 0.6 is 0 Å². The van der Waals surface area contributed by atoms with Gasteiger partial charge in [-0.25, -0.2) is 12.8 Å². The minimum Gasteiger partial charge on any atom is -0.342 e. The van der Waals surface area contributed by atoms with Crippen LogP contribution in [0.4, 0.5) is 4.39 Å². The van der Waals surface area contributed by atoms with E-state index in [2.05, 4.69) is 5.43 Å². The van der Waals surface area contributed by atoms with Crippen molar-refractivity contribution in [2.75, 3.05) is 18.8 Å². The van der Waals surface area contributed by atoms with Gasteiger partial charge in [0.05, 0.1) is 11.3 Å². The normalized spacial score (nSPS) is 14.4. The molecular formula is C20H26FN3O4S. The molecule has 1 aliphatic heterocycles. The first kappa shape index (κ1) is 20.9. The molecule has 0 unspecified atom stereocenters. The Bertz CT molecular complexity index is 1050. The molecule has 0 atom stereocenters. The number of sulfonamides is 1. The van der Waals surface area contributed by atoms with Gasteiger partial charge in [-0.15, -0.1) is 4.83 Å². The van der Waals surface area contributed by atoms with Gasteiger partial charge in [-0.2, -0.15) is 0 Å². The van der Waals surface area contributed by atoms with Gasteiger partial charge in [0.2, 0.25) is 15.9 Å². The second-order valence-electron chi connectivity index (χ2n) is 7.15. The lowest BCUT2D eigenvalue weighted by Crippen LogP contribution is -2.53. The number of halogens is 1. The summed E-state index contributed by atoms with van der Waals surface area (Å²) in [7, 11) is -3.82. The number of nitrogens with one attached hydrogen (secondary N) is 2. The molecule has 0 radical (unpaired) electrons. The molecule has 1 heterocycles. The molecule has 0 bridgehead atoms. The fourth-order valence-electron chi connectivity index (χ4n) is 3.21. The van der Waals surface area contributed by atoms with E-state index in [0.717, 1.165) is 5.56 Å². The van der Waals surface area contributed by atoms with Gasteiger partial charge < -0.3 is 4.90 Å². The molecule has 1 aliphatic rings. The Kier molecular flexibility index (Phi) is 5.99. The molecule has 158 valence electrons. The van der Waals surface area contributed by atoms with Crippen molar-refractivity contribution in [2.45, 2.75) is 13.8 Å². The van der Waals surface area contributed by atoms with Gasteiger partial charge in [0.15, 0.2) is 0 Å². The highest BCUT2D eigenvalue weighted by Crippen LogP contribution is 2.24. The van der Waals surface area contributed by atoms with E-state index in [0.29, 0.717) is 18.7 Å². The highest BCUT2D eigenvalue weighted by atomic mass is 32.2. The molecule has 1 fully saturated rings. The predicted octanol–water partition coefficient (Wildman–Crippen LogP) is 2.34. The Morgan fingerprint density at radius 3 is 2.45 bits per heavy atom. The molecule has 2 aromatic carbocycles. The first-order valence-electron chi connectivity index (χ1n) is 9.07. The Hall–Kier alpha value is -2.78. The van der Waals surface area contributed by atoms with E-state index in [1.807, 2.05) is 35.2 Å². The van der Waals surface area contributed by atoms with Crippen molar-refractivity contribution in [3.05, 3.63) is 59.4 Å². The molecule has 2 amide bonds. The molecule has 0 aliphatic carbocycles. The summed E-state index contributed by atoms with van der Waals surface area (Å²) in [4.78, 5) is 27.1. The smallest absolute Gasteiger partial charge is 0.269 e. The molecule has 0 spiro atoms. The van der Waals surface area contributed by atoms with Gasteiger partial charge in [0.25, 0.3) is 5.91 Å². The second kappa shape index (κ2) is 8.30. The van der Waals surface area contributed by atoms with Crippen LogP contribution in [-0.2, 0) is 14.8 Å². The van der Waals surface area contributed by atoms with Crippen molar-refractivity contribution in [3.63, 3.8) is 0 Å². The van der Waals surface area contributed by atoms with Crippen molar-refractivity contribution in [1.82, 2.24) is 15.2 Å². The van der Waals surface area contributed by atoms with E-state index in [1.54, 1.807) is 13.0 Å². The lowest BCUT2D eigenvalue weighted by Gasteiger charge is -2.38. The van der Waals surface area contributed by atoms with Crippen molar-refractivity contribution in [1.29, 1.82) is 0 Å². The molecule has 0 aromatic heterocycles. The number of rotatable bonds is 6. The van der Waals surface area contributed by atoms with Crippen LogP contribution in [0.15, 0.2) is 42.5 Å². The summed E-state index contributed by atoms with van der Waals surface area (Å²) in [6.45, 7) is 3.68. The number of carbonyl (C=O) groups excluding carboxylic acids is 2. The molecule has 3 rings (SSSR count). The third-order valence-electron chi connectivity index (χ3n) is 4.78. The molecule has 2 aromatic rings. The molecule has 7 nitrogen and oxygen atoms in total. The van der Waals surface area contributed by atoms with Crippen molar-refractivity contribution >= 4 is 21.8 Å². The van der Waals surface area contributed by atoms with Gasteiger partial charge in [-0.1, -0.05) is 30.3 Å². The largest absolute Gasteiger partial charge is 0.342 e. The highest BCUT2D eigenvalue weighted by Gasteiger charge is 2.32. The number of hydrazine groups is 1.